The van der Waals surface area contributed by atoms with Gasteiger partial charge in [-0.3, -0.25) is 9.78 Å². The fourth-order valence-electron chi connectivity index (χ4n) is 1.24. The maximum absolute atomic E-state index is 11.7. The van der Waals surface area contributed by atoms with Crippen LogP contribution in [0.2, 0.25) is 0 Å². The van der Waals surface area contributed by atoms with Crippen molar-refractivity contribution in [3.63, 3.8) is 0 Å². The molecule has 0 N–H and O–H groups in total. The summed E-state index contributed by atoms with van der Waals surface area (Å²) in [5.41, 5.74) is 0.713. The Morgan fingerprint density at radius 2 is 2.11 bits per heavy atom. The molecular weight excluding hydrogens is 315 g/mol. The number of aromatic nitrogens is 1. The molecule has 0 fully saturated rings. The molecule has 0 radical (unpaired) electrons. The molecule has 1 rings (SSSR count). The van der Waals surface area contributed by atoms with Crippen LogP contribution in [-0.4, -0.2) is 30.2 Å². The minimum Gasteiger partial charge on any atom is -0.372 e. The van der Waals surface area contributed by atoms with Crippen LogP contribution in [0.25, 0.3) is 0 Å². The van der Waals surface area contributed by atoms with Gasteiger partial charge in [-0.05, 0) is 27.6 Å². The van der Waals surface area contributed by atoms with E-state index in [4.69, 9.17) is 0 Å². The highest BCUT2D eigenvalue weighted by Crippen LogP contribution is 2.14. The van der Waals surface area contributed by atoms with Gasteiger partial charge in [0, 0.05) is 29.7 Å². The first kappa shape index (κ1) is 15.1. The molecule has 0 spiro atoms. The molecule has 0 atom stereocenters. The molecule has 1 heterocycles. The van der Waals surface area contributed by atoms with Gasteiger partial charge in [-0.1, -0.05) is 0 Å². The van der Waals surface area contributed by atoms with Crippen molar-refractivity contribution in [2.45, 2.75) is 19.0 Å². The molecule has 0 aliphatic rings. The Kier molecular flexibility index (Phi) is 5.74. The first-order valence-electron chi connectivity index (χ1n) is 5.12. The largest absolute Gasteiger partial charge is 0.411 e. The number of ether oxygens (including phenoxy) is 1. The van der Waals surface area contributed by atoms with Crippen molar-refractivity contribution < 1.29 is 22.7 Å². The molecule has 0 unspecified atom stereocenters. The van der Waals surface area contributed by atoms with Gasteiger partial charge in [0.25, 0.3) is 0 Å². The Balaban J connectivity index is 2.26. The molecule has 0 saturated heterocycles. The number of Topliss-reactive ketones (excluding diaryl/α,β-unsaturated/α-hetero) is 1. The average Bonchev–Trinajstić information content (AvgIpc) is 2.23. The van der Waals surface area contributed by atoms with Crippen molar-refractivity contribution in [3.8, 4) is 0 Å². The standard InChI is InChI=1S/C11H11BrF3NO2/c12-9-3-8(5-16-6-9)4-10(17)1-2-18-7-11(13,14)15/h3,5-6H,1-2,4,7H2. The van der Waals surface area contributed by atoms with Crippen LogP contribution in [0.3, 0.4) is 0 Å². The number of nitrogens with zero attached hydrogens (tertiary/aromatic N) is 1. The lowest BCUT2D eigenvalue weighted by atomic mass is 10.1. The third kappa shape index (κ3) is 6.70. The van der Waals surface area contributed by atoms with Gasteiger partial charge in [0.05, 0.1) is 6.61 Å². The van der Waals surface area contributed by atoms with Crippen LogP contribution < -0.4 is 0 Å². The SMILES string of the molecule is O=C(CCOCC(F)(F)F)Cc1cncc(Br)c1. The van der Waals surface area contributed by atoms with Crippen molar-refractivity contribution in [2.24, 2.45) is 0 Å². The van der Waals surface area contributed by atoms with Crippen LogP contribution in [0.15, 0.2) is 22.9 Å². The summed E-state index contributed by atoms with van der Waals surface area (Å²) in [5, 5.41) is 0. The average molecular weight is 326 g/mol. The highest BCUT2D eigenvalue weighted by atomic mass is 79.9. The Labute approximate surface area is 110 Å². The van der Waals surface area contributed by atoms with E-state index in [9.17, 15) is 18.0 Å². The summed E-state index contributed by atoms with van der Waals surface area (Å²) in [6.45, 7) is -1.54. The second kappa shape index (κ2) is 6.84. The van der Waals surface area contributed by atoms with Crippen LogP contribution in [0.1, 0.15) is 12.0 Å². The molecular formula is C11H11BrF3NO2. The second-order valence-electron chi connectivity index (χ2n) is 3.64. The Bertz CT molecular complexity index is 410. The first-order valence-corrected chi connectivity index (χ1v) is 5.92. The summed E-state index contributed by atoms with van der Waals surface area (Å²) in [6.07, 6.45) is -1.12. The second-order valence-corrected chi connectivity index (χ2v) is 4.56. The van der Waals surface area contributed by atoms with Crippen molar-refractivity contribution in [3.05, 3.63) is 28.5 Å². The minimum absolute atomic E-state index is 0.0391. The molecule has 0 aromatic carbocycles. The zero-order chi connectivity index (χ0) is 13.6. The van der Waals surface area contributed by atoms with E-state index >= 15 is 0 Å². The van der Waals surface area contributed by atoms with E-state index in [1.165, 1.54) is 0 Å². The lowest BCUT2D eigenvalue weighted by molar-refractivity contribution is -0.174. The highest BCUT2D eigenvalue weighted by molar-refractivity contribution is 9.10. The van der Waals surface area contributed by atoms with E-state index in [0.29, 0.717) is 5.56 Å². The van der Waals surface area contributed by atoms with Gasteiger partial charge in [0.1, 0.15) is 12.4 Å². The van der Waals surface area contributed by atoms with E-state index < -0.39 is 12.8 Å². The van der Waals surface area contributed by atoms with Crippen molar-refractivity contribution in [1.82, 2.24) is 4.98 Å². The predicted octanol–water partition coefficient (Wildman–Crippen LogP) is 2.92. The summed E-state index contributed by atoms with van der Waals surface area (Å²) < 4.78 is 40.4. The van der Waals surface area contributed by atoms with Gasteiger partial charge in [-0.25, -0.2) is 0 Å². The molecule has 18 heavy (non-hydrogen) atoms. The number of carbonyl (C=O) groups excluding carboxylic acids is 1. The number of pyridine rings is 1. The van der Waals surface area contributed by atoms with Crippen LogP contribution in [0, 0.1) is 0 Å². The molecule has 1 aromatic rings. The lowest BCUT2D eigenvalue weighted by Gasteiger charge is -2.07. The van der Waals surface area contributed by atoms with Gasteiger partial charge < -0.3 is 4.74 Å². The number of ketones is 1. The number of rotatable bonds is 6. The van der Waals surface area contributed by atoms with E-state index in [-0.39, 0.29) is 25.2 Å². The van der Waals surface area contributed by atoms with Gasteiger partial charge >= 0.3 is 6.18 Å². The highest BCUT2D eigenvalue weighted by Gasteiger charge is 2.27. The van der Waals surface area contributed by atoms with Gasteiger partial charge in [-0.15, -0.1) is 0 Å². The fourth-order valence-corrected chi connectivity index (χ4v) is 1.65. The molecule has 3 nitrogen and oxygen atoms in total. The van der Waals surface area contributed by atoms with Gasteiger partial charge in [0.15, 0.2) is 0 Å². The van der Waals surface area contributed by atoms with Crippen LogP contribution in [0.5, 0.6) is 0 Å². The number of carbonyl (C=O) groups is 1. The van der Waals surface area contributed by atoms with E-state index in [1.54, 1.807) is 18.5 Å². The molecule has 0 saturated carbocycles. The Hall–Kier alpha value is -0.950. The molecule has 7 heteroatoms. The van der Waals surface area contributed by atoms with E-state index in [0.717, 1.165) is 4.47 Å². The molecule has 0 aliphatic carbocycles. The maximum atomic E-state index is 11.7. The summed E-state index contributed by atoms with van der Waals surface area (Å²) in [7, 11) is 0. The van der Waals surface area contributed by atoms with Crippen molar-refractivity contribution >= 4 is 21.7 Å². The number of halogens is 4. The summed E-state index contributed by atoms with van der Waals surface area (Å²) in [6, 6.07) is 1.74. The molecule has 100 valence electrons. The third-order valence-electron chi connectivity index (χ3n) is 1.95. The molecule has 0 aliphatic heterocycles. The maximum Gasteiger partial charge on any atom is 0.411 e. The molecule has 0 amide bonds. The predicted molar refractivity (Wildman–Crippen MR) is 62.1 cm³/mol. The first-order chi connectivity index (χ1) is 8.37. The van der Waals surface area contributed by atoms with Crippen LogP contribution >= 0.6 is 15.9 Å². The van der Waals surface area contributed by atoms with Gasteiger partial charge in [-0.2, -0.15) is 13.2 Å². The van der Waals surface area contributed by atoms with Gasteiger partial charge in [0.2, 0.25) is 0 Å². The Morgan fingerprint density at radius 3 is 2.72 bits per heavy atom. The smallest absolute Gasteiger partial charge is 0.372 e. The number of alkyl halides is 3. The van der Waals surface area contributed by atoms with Crippen LogP contribution in [-0.2, 0) is 16.0 Å². The van der Waals surface area contributed by atoms with Crippen molar-refractivity contribution in [2.75, 3.05) is 13.2 Å². The summed E-state index contributed by atoms with van der Waals surface area (Å²) >= 11 is 3.21. The normalized spacial score (nSPS) is 11.6. The summed E-state index contributed by atoms with van der Waals surface area (Å²) in [5.74, 6) is -0.183. The number of hydrogen-bond acceptors (Lipinski definition) is 3. The zero-order valence-electron chi connectivity index (χ0n) is 9.34. The molecule has 0 bridgehead atoms. The monoisotopic (exact) mass is 325 g/mol. The lowest BCUT2D eigenvalue weighted by Crippen LogP contribution is -2.18. The quantitative estimate of drug-likeness (QED) is 0.755. The van der Waals surface area contributed by atoms with Crippen molar-refractivity contribution in [1.29, 1.82) is 0 Å². The van der Waals surface area contributed by atoms with E-state index in [1.807, 2.05) is 0 Å². The third-order valence-corrected chi connectivity index (χ3v) is 2.39. The number of hydrogen-bond donors (Lipinski definition) is 0. The fraction of sp³-hybridized carbons (Fsp3) is 0.455. The minimum atomic E-state index is -4.35. The zero-order valence-corrected chi connectivity index (χ0v) is 10.9. The summed E-state index contributed by atoms with van der Waals surface area (Å²) in [4.78, 5) is 15.3. The van der Waals surface area contributed by atoms with Crippen LogP contribution in [0.4, 0.5) is 13.2 Å². The topological polar surface area (TPSA) is 39.2 Å². The molecule has 1 aromatic heterocycles. The Morgan fingerprint density at radius 1 is 1.39 bits per heavy atom. The van der Waals surface area contributed by atoms with E-state index in [2.05, 4.69) is 25.7 Å².